The number of anilines is 1. The molecule has 3 aliphatic heterocycles. The van der Waals surface area contributed by atoms with Gasteiger partial charge in [-0.3, -0.25) is 14.4 Å². The number of nitriles is 1. The highest BCUT2D eigenvalue weighted by molar-refractivity contribution is 6.23. The van der Waals surface area contributed by atoms with Gasteiger partial charge in [0.05, 0.1) is 51.8 Å². The van der Waals surface area contributed by atoms with Gasteiger partial charge in [-0.15, -0.1) is 0 Å². The van der Waals surface area contributed by atoms with Gasteiger partial charge in [-0.2, -0.15) is 18.4 Å². The lowest BCUT2D eigenvalue weighted by Gasteiger charge is -2.32. The molecule has 1 N–H and O–H groups in total. The van der Waals surface area contributed by atoms with Crippen molar-refractivity contribution >= 4 is 23.5 Å². The van der Waals surface area contributed by atoms with Crippen molar-refractivity contribution in [3.63, 3.8) is 0 Å². The predicted molar refractivity (Wildman–Crippen MR) is 89.3 cm³/mol. The topological polar surface area (TPSA) is 108 Å². The average Bonchev–Trinajstić information content (AvgIpc) is 3.15. The van der Waals surface area contributed by atoms with E-state index in [-0.39, 0.29) is 12.1 Å². The fraction of sp³-hybridized carbons (Fsp3) is 0.474. The molecule has 7 nitrogen and oxygen atoms in total. The zero-order valence-electron chi connectivity index (χ0n) is 15.3. The van der Waals surface area contributed by atoms with Gasteiger partial charge in [0.2, 0.25) is 11.8 Å². The lowest BCUT2D eigenvalue weighted by Crippen LogP contribution is -2.48. The van der Waals surface area contributed by atoms with E-state index in [0.29, 0.717) is 11.0 Å². The van der Waals surface area contributed by atoms with Crippen LogP contribution < -0.4 is 4.90 Å². The molecule has 4 rings (SSSR count). The predicted octanol–water partition coefficient (Wildman–Crippen LogP) is 2.33. The monoisotopic (exact) mass is 408 g/mol. The molecule has 0 saturated carbocycles. The van der Waals surface area contributed by atoms with Crippen LogP contribution in [-0.2, 0) is 25.3 Å². The summed E-state index contributed by atoms with van der Waals surface area (Å²) in [7, 11) is 0. The molecule has 1 aromatic rings. The van der Waals surface area contributed by atoms with E-state index in [2.05, 4.69) is 0 Å². The quantitative estimate of drug-likeness (QED) is 0.753. The van der Waals surface area contributed by atoms with Gasteiger partial charge in [0.1, 0.15) is 0 Å². The third kappa shape index (κ3) is 2.37. The smallest absolute Gasteiger partial charge is 0.417 e. The first-order valence-electron chi connectivity index (χ1n) is 8.77. The molecule has 0 spiro atoms. The number of benzene rings is 1. The van der Waals surface area contributed by atoms with Crippen molar-refractivity contribution in [3.05, 3.63) is 29.3 Å². The van der Waals surface area contributed by atoms with Crippen molar-refractivity contribution in [1.29, 1.82) is 5.26 Å². The number of carbonyl (C=O) groups is 3. The number of nitrogens with zero attached hydrogens (tertiary/aromatic N) is 2. The summed E-state index contributed by atoms with van der Waals surface area (Å²) < 4.78 is 45.8. The minimum Gasteiger partial charge on any atom is -0.481 e. The van der Waals surface area contributed by atoms with Crippen molar-refractivity contribution in [3.8, 4) is 6.07 Å². The summed E-state index contributed by atoms with van der Waals surface area (Å²) in [6, 6.07) is 4.05. The highest BCUT2D eigenvalue weighted by Crippen LogP contribution is 2.63. The lowest BCUT2D eigenvalue weighted by atomic mass is 9.64. The fourth-order valence-corrected chi connectivity index (χ4v) is 5.15. The van der Waals surface area contributed by atoms with Gasteiger partial charge in [-0.1, -0.05) is 0 Å². The molecular formula is C19H15F3N2O5. The van der Waals surface area contributed by atoms with E-state index in [0.717, 1.165) is 12.1 Å². The molecule has 3 aliphatic rings. The molecule has 2 amide bonds. The molecule has 2 bridgehead atoms. The molecule has 3 fully saturated rings. The SMILES string of the molecule is CC12C[C@@H](C(=O)O)C(C)(O1)[C@@H]1C(=O)N(c3ccc(C#N)c(C(F)(F)F)c3)C(=O)C12. The molecule has 0 radical (unpaired) electrons. The van der Waals surface area contributed by atoms with Gasteiger partial charge in [0.15, 0.2) is 0 Å². The van der Waals surface area contributed by atoms with E-state index in [1.54, 1.807) is 6.92 Å². The molecule has 29 heavy (non-hydrogen) atoms. The van der Waals surface area contributed by atoms with Crippen molar-refractivity contribution in [2.75, 3.05) is 4.90 Å². The number of fused-ring (bicyclic) bond motifs is 5. The second kappa shape index (κ2) is 5.57. The number of rotatable bonds is 2. The molecular weight excluding hydrogens is 393 g/mol. The molecule has 152 valence electrons. The first-order valence-corrected chi connectivity index (χ1v) is 8.77. The maximum Gasteiger partial charge on any atom is 0.417 e. The van der Waals surface area contributed by atoms with Gasteiger partial charge in [-0.05, 0) is 38.5 Å². The van der Waals surface area contributed by atoms with Crippen molar-refractivity contribution in [2.24, 2.45) is 17.8 Å². The van der Waals surface area contributed by atoms with E-state index in [1.807, 2.05) is 0 Å². The largest absolute Gasteiger partial charge is 0.481 e. The van der Waals surface area contributed by atoms with E-state index in [4.69, 9.17) is 10.00 Å². The van der Waals surface area contributed by atoms with Gasteiger partial charge >= 0.3 is 12.1 Å². The van der Waals surface area contributed by atoms with E-state index in [9.17, 15) is 32.7 Å². The normalized spacial score (nSPS) is 35.7. The number of carbonyl (C=O) groups excluding carboxylic acids is 2. The maximum atomic E-state index is 13.3. The number of carboxylic acid groups (broad SMARTS) is 1. The minimum atomic E-state index is -4.85. The summed E-state index contributed by atoms with van der Waals surface area (Å²) >= 11 is 0. The number of amides is 2. The number of alkyl halides is 3. The Balaban J connectivity index is 1.81. The van der Waals surface area contributed by atoms with Crippen LogP contribution in [0.1, 0.15) is 31.4 Å². The van der Waals surface area contributed by atoms with Crippen LogP contribution in [0.25, 0.3) is 0 Å². The Morgan fingerprint density at radius 2 is 1.90 bits per heavy atom. The van der Waals surface area contributed by atoms with Crippen LogP contribution in [0.5, 0.6) is 0 Å². The zero-order chi connectivity index (χ0) is 21.5. The van der Waals surface area contributed by atoms with E-state index < -0.39 is 64.0 Å². The van der Waals surface area contributed by atoms with Gasteiger partial charge in [0.25, 0.3) is 0 Å². The Morgan fingerprint density at radius 1 is 1.28 bits per heavy atom. The average molecular weight is 408 g/mol. The van der Waals surface area contributed by atoms with Crippen LogP contribution in [0.15, 0.2) is 18.2 Å². The van der Waals surface area contributed by atoms with Crippen molar-refractivity contribution in [1.82, 2.24) is 0 Å². The third-order valence-corrected chi connectivity index (χ3v) is 6.32. The van der Waals surface area contributed by atoms with Crippen LogP contribution in [0.3, 0.4) is 0 Å². The second-order valence-electron chi connectivity index (χ2n) is 8.00. The number of halogens is 3. The Labute approximate surface area is 162 Å². The summed E-state index contributed by atoms with van der Waals surface area (Å²) in [5.41, 5.74) is -4.83. The summed E-state index contributed by atoms with van der Waals surface area (Å²) in [4.78, 5) is 38.5. The van der Waals surface area contributed by atoms with E-state index >= 15 is 0 Å². The van der Waals surface area contributed by atoms with Crippen LogP contribution in [0.4, 0.5) is 18.9 Å². The Hall–Kier alpha value is -2.93. The van der Waals surface area contributed by atoms with Gasteiger partial charge < -0.3 is 9.84 Å². The molecule has 0 aliphatic carbocycles. The van der Waals surface area contributed by atoms with E-state index in [1.165, 1.54) is 13.0 Å². The number of ether oxygens (including phenoxy) is 1. The molecule has 3 saturated heterocycles. The summed E-state index contributed by atoms with van der Waals surface area (Å²) in [5, 5.41) is 18.4. The molecule has 10 heteroatoms. The maximum absolute atomic E-state index is 13.3. The molecule has 3 heterocycles. The minimum absolute atomic E-state index is 0.0219. The highest BCUT2D eigenvalue weighted by atomic mass is 19.4. The van der Waals surface area contributed by atoms with Crippen LogP contribution in [0.2, 0.25) is 0 Å². The van der Waals surface area contributed by atoms with Crippen LogP contribution >= 0.6 is 0 Å². The summed E-state index contributed by atoms with van der Waals surface area (Å²) in [6.45, 7) is 3.00. The molecule has 0 aromatic heterocycles. The lowest BCUT2D eigenvalue weighted by molar-refractivity contribution is -0.150. The molecule has 5 atom stereocenters. The summed E-state index contributed by atoms with van der Waals surface area (Å²) in [5.74, 6) is -5.80. The zero-order valence-corrected chi connectivity index (χ0v) is 15.3. The van der Waals surface area contributed by atoms with Crippen LogP contribution in [-0.4, -0.2) is 34.1 Å². The Bertz CT molecular complexity index is 1020. The Morgan fingerprint density at radius 3 is 2.45 bits per heavy atom. The number of hydrogen-bond acceptors (Lipinski definition) is 5. The third-order valence-electron chi connectivity index (χ3n) is 6.32. The van der Waals surface area contributed by atoms with Gasteiger partial charge in [0, 0.05) is 0 Å². The van der Waals surface area contributed by atoms with Gasteiger partial charge in [-0.25, -0.2) is 4.90 Å². The standard InChI is InChI=1S/C19H15F3N2O5/c1-17-6-11(16(27)28)18(2,29-17)13-12(17)14(25)24(15(13)26)9-4-3-8(7-23)10(5-9)19(20,21)22/h3-5,11-13H,6H2,1-2H3,(H,27,28)/t11-,12?,13-,17?,18?/m0/s1. The second-order valence-corrected chi connectivity index (χ2v) is 8.00. The summed E-state index contributed by atoms with van der Waals surface area (Å²) in [6.07, 6.45) is -4.83. The number of imide groups is 1. The first-order chi connectivity index (χ1) is 13.3. The number of aliphatic carboxylic acids is 1. The van der Waals surface area contributed by atoms with Crippen molar-refractivity contribution < 1.29 is 37.4 Å². The first kappa shape index (κ1) is 19.4. The number of hydrogen-bond donors (Lipinski definition) is 1. The molecule has 1 aromatic carbocycles. The van der Waals surface area contributed by atoms with Crippen LogP contribution in [0, 0.1) is 29.1 Å². The molecule has 3 unspecified atom stereocenters. The Kier molecular flexibility index (Phi) is 3.72. The fourth-order valence-electron chi connectivity index (χ4n) is 5.15. The highest BCUT2D eigenvalue weighted by Gasteiger charge is 2.77. The van der Waals surface area contributed by atoms with Crippen molar-refractivity contribution in [2.45, 2.75) is 37.6 Å². The number of carboxylic acids is 1.